The van der Waals surface area contributed by atoms with Crippen LogP contribution in [0.2, 0.25) is 0 Å². The highest BCUT2D eigenvalue weighted by atomic mass is 16.6. The van der Waals surface area contributed by atoms with Gasteiger partial charge in [-0.15, -0.1) is 0 Å². The predicted molar refractivity (Wildman–Crippen MR) is 59.0 cm³/mol. The lowest BCUT2D eigenvalue weighted by Gasteiger charge is -2.04. The molecule has 0 aliphatic rings. The van der Waals surface area contributed by atoms with E-state index >= 15 is 0 Å². The van der Waals surface area contributed by atoms with Gasteiger partial charge in [-0.3, -0.25) is 10.1 Å². The van der Waals surface area contributed by atoms with E-state index < -0.39 is 10.9 Å². The largest absolute Gasteiger partial charge is 0.478 e. The van der Waals surface area contributed by atoms with Gasteiger partial charge in [0.15, 0.2) is 0 Å². The molecule has 0 fully saturated rings. The maximum Gasteiger partial charge on any atom is 0.331 e. The molecule has 0 atom stereocenters. The lowest BCUT2D eigenvalue weighted by atomic mass is 10.0. The van der Waals surface area contributed by atoms with Gasteiger partial charge < -0.3 is 5.11 Å². The molecule has 0 heterocycles. The van der Waals surface area contributed by atoms with E-state index in [9.17, 15) is 14.9 Å². The van der Waals surface area contributed by atoms with Crippen molar-refractivity contribution in [3.63, 3.8) is 0 Å². The number of carboxylic acids is 1. The minimum atomic E-state index is -1.02. The Morgan fingerprint density at radius 1 is 1.38 bits per heavy atom. The second-order valence-electron chi connectivity index (χ2n) is 3.36. The summed E-state index contributed by atoms with van der Waals surface area (Å²) in [6, 6.07) is 5.91. The third-order valence-corrected chi connectivity index (χ3v) is 2.37. The summed E-state index contributed by atoms with van der Waals surface area (Å²) >= 11 is 0. The number of allylic oxidation sites excluding steroid dienone is 1. The number of nitrogens with zero attached hydrogens (tertiary/aromatic N) is 1. The van der Waals surface area contributed by atoms with Gasteiger partial charge >= 0.3 is 5.97 Å². The van der Waals surface area contributed by atoms with Crippen LogP contribution in [0.3, 0.4) is 0 Å². The topological polar surface area (TPSA) is 80.4 Å². The van der Waals surface area contributed by atoms with Gasteiger partial charge in [0.2, 0.25) is 0 Å². The van der Waals surface area contributed by atoms with E-state index in [0.29, 0.717) is 11.1 Å². The number of non-ortho nitro benzene ring substituents is 1. The average molecular weight is 221 g/mol. The molecule has 0 aliphatic heterocycles. The smallest absolute Gasteiger partial charge is 0.331 e. The van der Waals surface area contributed by atoms with Crippen molar-refractivity contribution < 1.29 is 14.8 Å². The van der Waals surface area contributed by atoms with E-state index in [0.717, 1.165) is 0 Å². The van der Waals surface area contributed by atoms with Crippen LogP contribution in [0.1, 0.15) is 19.4 Å². The monoisotopic (exact) mass is 221 g/mol. The number of rotatable bonds is 3. The Labute approximate surface area is 92.2 Å². The molecule has 0 radical (unpaired) electrons. The summed E-state index contributed by atoms with van der Waals surface area (Å²) in [6.07, 6.45) is 0. The molecule has 0 unspecified atom stereocenters. The first-order valence-corrected chi connectivity index (χ1v) is 4.59. The van der Waals surface area contributed by atoms with Crippen molar-refractivity contribution in [2.24, 2.45) is 0 Å². The summed E-state index contributed by atoms with van der Waals surface area (Å²) in [6.45, 7) is 3.10. The molecular formula is C11H11NO4. The number of hydrogen-bond donors (Lipinski definition) is 1. The Bertz CT molecular complexity index is 477. The molecule has 0 saturated heterocycles. The SMILES string of the molecule is CC(C(=O)O)=C(C)c1cccc([N+](=O)[O-])c1. The van der Waals surface area contributed by atoms with Crippen molar-refractivity contribution in [1.29, 1.82) is 0 Å². The van der Waals surface area contributed by atoms with E-state index in [1.54, 1.807) is 13.0 Å². The molecule has 0 bridgehead atoms. The number of carbonyl (C=O) groups is 1. The molecule has 0 spiro atoms. The van der Waals surface area contributed by atoms with Crippen molar-refractivity contribution >= 4 is 17.2 Å². The molecule has 0 amide bonds. The third kappa shape index (κ3) is 2.44. The van der Waals surface area contributed by atoms with E-state index in [4.69, 9.17) is 5.11 Å². The first kappa shape index (κ1) is 11.9. The van der Waals surface area contributed by atoms with Gasteiger partial charge in [-0.05, 0) is 25.0 Å². The van der Waals surface area contributed by atoms with E-state index in [1.807, 2.05) is 0 Å². The van der Waals surface area contributed by atoms with Gasteiger partial charge in [0.05, 0.1) is 4.92 Å². The molecule has 1 aromatic carbocycles. The molecule has 0 aliphatic carbocycles. The van der Waals surface area contributed by atoms with Crippen molar-refractivity contribution in [2.75, 3.05) is 0 Å². The van der Waals surface area contributed by atoms with Gasteiger partial charge in [-0.25, -0.2) is 4.79 Å². The number of hydrogen-bond acceptors (Lipinski definition) is 3. The zero-order valence-corrected chi connectivity index (χ0v) is 8.93. The molecule has 0 aromatic heterocycles. The zero-order chi connectivity index (χ0) is 12.3. The zero-order valence-electron chi connectivity index (χ0n) is 8.93. The Morgan fingerprint density at radius 2 is 2.00 bits per heavy atom. The summed E-state index contributed by atoms with van der Waals surface area (Å²) in [4.78, 5) is 20.8. The summed E-state index contributed by atoms with van der Waals surface area (Å²) < 4.78 is 0. The van der Waals surface area contributed by atoms with Gasteiger partial charge in [0.25, 0.3) is 5.69 Å². The highest BCUT2D eigenvalue weighted by Crippen LogP contribution is 2.22. The highest BCUT2D eigenvalue weighted by Gasteiger charge is 2.10. The average Bonchev–Trinajstić information content (AvgIpc) is 2.27. The number of benzene rings is 1. The van der Waals surface area contributed by atoms with E-state index in [-0.39, 0.29) is 11.3 Å². The number of aliphatic carboxylic acids is 1. The van der Waals surface area contributed by atoms with Crippen LogP contribution in [0.4, 0.5) is 5.69 Å². The Kier molecular flexibility index (Phi) is 3.40. The first-order valence-electron chi connectivity index (χ1n) is 4.59. The lowest BCUT2D eigenvalue weighted by molar-refractivity contribution is -0.384. The molecule has 0 saturated carbocycles. The number of nitro benzene ring substituents is 1. The molecule has 16 heavy (non-hydrogen) atoms. The summed E-state index contributed by atoms with van der Waals surface area (Å²) in [7, 11) is 0. The van der Waals surface area contributed by atoms with Crippen molar-refractivity contribution in [2.45, 2.75) is 13.8 Å². The minimum Gasteiger partial charge on any atom is -0.478 e. The van der Waals surface area contributed by atoms with Crippen LogP contribution >= 0.6 is 0 Å². The number of carboxylic acid groups (broad SMARTS) is 1. The second kappa shape index (κ2) is 4.57. The van der Waals surface area contributed by atoms with Crippen LogP contribution in [0, 0.1) is 10.1 Å². The van der Waals surface area contributed by atoms with Crippen LogP contribution in [0.15, 0.2) is 29.8 Å². The van der Waals surface area contributed by atoms with Gasteiger partial charge in [-0.1, -0.05) is 12.1 Å². The molecule has 1 aromatic rings. The minimum absolute atomic E-state index is 0.0463. The van der Waals surface area contributed by atoms with Crippen LogP contribution in [-0.4, -0.2) is 16.0 Å². The third-order valence-electron chi connectivity index (χ3n) is 2.37. The maximum atomic E-state index is 10.7. The Balaban J connectivity index is 3.24. The lowest BCUT2D eigenvalue weighted by Crippen LogP contribution is -1.99. The second-order valence-corrected chi connectivity index (χ2v) is 3.36. The van der Waals surface area contributed by atoms with Crippen LogP contribution in [-0.2, 0) is 4.79 Å². The summed E-state index contributed by atoms with van der Waals surface area (Å²) in [5, 5.41) is 19.4. The van der Waals surface area contributed by atoms with Gasteiger partial charge in [0, 0.05) is 17.7 Å². The maximum absolute atomic E-state index is 10.7. The van der Waals surface area contributed by atoms with Gasteiger partial charge in [-0.2, -0.15) is 0 Å². The quantitative estimate of drug-likeness (QED) is 0.483. The molecule has 84 valence electrons. The summed E-state index contributed by atoms with van der Waals surface area (Å²) in [5.41, 5.74) is 1.21. The van der Waals surface area contributed by atoms with E-state index in [1.165, 1.54) is 25.1 Å². The normalized spacial score (nSPS) is 11.9. The molecule has 1 N–H and O–H groups in total. The van der Waals surface area contributed by atoms with Gasteiger partial charge in [0.1, 0.15) is 0 Å². The van der Waals surface area contributed by atoms with Crippen molar-refractivity contribution in [3.05, 3.63) is 45.5 Å². The summed E-state index contributed by atoms with van der Waals surface area (Å²) in [5.74, 6) is -1.02. The number of nitro groups is 1. The molecule has 1 rings (SSSR count). The van der Waals surface area contributed by atoms with Crippen LogP contribution in [0.5, 0.6) is 0 Å². The molecular weight excluding hydrogens is 210 g/mol. The van der Waals surface area contributed by atoms with Crippen LogP contribution in [0.25, 0.3) is 5.57 Å². The highest BCUT2D eigenvalue weighted by molar-refractivity contribution is 5.95. The standard InChI is InChI=1S/C11H11NO4/c1-7(8(2)11(13)14)9-4-3-5-10(6-9)12(15)16/h3-6H,1-2H3,(H,13,14). The predicted octanol–water partition coefficient (Wildman–Crippen LogP) is 2.47. The fraction of sp³-hybridized carbons (Fsp3) is 0.182. The fourth-order valence-electron chi connectivity index (χ4n) is 1.23. The Hall–Kier alpha value is -2.17. The van der Waals surface area contributed by atoms with Crippen molar-refractivity contribution in [3.8, 4) is 0 Å². The fourth-order valence-corrected chi connectivity index (χ4v) is 1.23. The molecule has 5 nitrogen and oxygen atoms in total. The van der Waals surface area contributed by atoms with Crippen molar-refractivity contribution in [1.82, 2.24) is 0 Å². The van der Waals surface area contributed by atoms with Crippen LogP contribution < -0.4 is 0 Å². The van der Waals surface area contributed by atoms with E-state index in [2.05, 4.69) is 0 Å². The Morgan fingerprint density at radius 3 is 2.50 bits per heavy atom. The first-order chi connectivity index (χ1) is 7.43. The molecule has 5 heteroatoms.